The van der Waals surface area contributed by atoms with Gasteiger partial charge in [-0.3, -0.25) is 4.79 Å². The van der Waals surface area contributed by atoms with E-state index in [1.54, 1.807) is 18.2 Å². The molecule has 53 heavy (non-hydrogen) atoms. The van der Waals surface area contributed by atoms with Crippen molar-refractivity contribution < 1.29 is 24.3 Å². The van der Waals surface area contributed by atoms with E-state index in [1.165, 1.54) is 51.4 Å². The summed E-state index contributed by atoms with van der Waals surface area (Å²) in [7, 11) is 0. The fraction of sp³-hybridized carbons (Fsp3) is 0.409. The van der Waals surface area contributed by atoms with Gasteiger partial charge in [-0.15, -0.1) is 0 Å². The quantitative estimate of drug-likeness (QED) is 0.0534. The molecule has 1 aliphatic rings. The van der Waals surface area contributed by atoms with Crippen LogP contribution in [0.25, 0.3) is 40.0 Å². The number of para-hydroxylation sites is 1. The summed E-state index contributed by atoms with van der Waals surface area (Å²) in [5, 5.41) is 17.8. The van der Waals surface area contributed by atoms with Crippen molar-refractivity contribution in [2.45, 2.75) is 110 Å². The molecule has 5 rings (SSSR count). The summed E-state index contributed by atoms with van der Waals surface area (Å²) in [5.41, 5.74) is 5.63. The molecular weight excluding hydrogens is 665 g/mol. The van der Waals surface area contributed by atoms with E-state index in [0.717, 1.165) is 40.8 Å². The first kappa shape index (κ1) is 39.0. The van der Waals surface area contributed by atoms with Crippen molar-refractivity contribution in [1.82, 2.24) is 15.3 Å². The predicted octanol–water partition coefficient (Wildman–Crippen LogP) is 10.0. The molecule has 0 fully saturated rings. The van der Waals surface area contributed by atoms with E-state index in [-0.39, 0.29) is 11.7 Å². The molecule has 0 spiro atoms. The summed E-state index contributed by atoms with van der Waals surface area (Å²) in [6.45, 7) is 8.40. The molecule has 3 N–H and O–H groups in total. The normalized spacial score (nSPS) is 14.3. The van der Waals surface area contributed by atoms with Gasteiger partial charge in [-0.1, -0.05) is 131 Å². The van der Waals surface area contributed by atoms with Crippen LogP contribution in [0.4, 0.5) is 0 Å². The van der Waals surface area contributed by atoms with Gasteiger partial charge in [0.2, 0.25) is 12.0 Å². The molecule has 1 aromatic heterocycles. The molecule has 4 aromatic rings. The highest BCUT2D eigenvalue weighted by Crippen LogP contribution is 2.36. The number of hydrogen-bond acceptors (Lipinski definition) is 7. The zero-order valence-corrected chi connectivity index (χ0v) is 31.6. The first-order chi connectivity index (χ1) is 25.6. The van der Waals surface area contributed by atoms with E-state index in [9.17, 15) is 14.7 Å². The first-order valence-corrected chi connectivity index (χ1v) is 19.1. The molecule has 0 bridgehead atoms. The summed E-state index contributed by atoms with van der Waals surface area (Å²) in [6, 6.07) is 22.8. The van der Waals surface area contributed by atoms with Crippen molar-refractivity contribution >= 4 is 23.7 Å². The number of aromatic hydroxyl groups is 1. The number of ether oxygens (including phenoxy) is 1. The Morgan fingerprint density at radius 3 is 2.15 bits per heavy atom. The third-order valence-electron chi connectivity index (χ3n) is 9.15. The number of aromatic amines is 1. The number of carbonyl (C=O) groups is 2. The second-order valence-electron chi connectivity index (χ2n) is 14.7. The van der Waals surface area contributed by atoms with Crippen LogP contribution in [0, 0.1) is 0 Å². The monoisotopic (exact) mass is 718 g/mol. The number of H-pyrrole nitrogens is 1. The van der Waals surface area contributed by atoms with Crippen molar-refractivity contribution in [3.63, 3.8) is 0 Å². The second-order valence-corrected chi connectivity index (χ2v) is 14.7. The number of nitrogens with one attached hydrogen (secondary N) is 2. The standard InChI is InChI=1S/C44H54N4O5/c1-5-6-7-8-9-10-11-12-13-16-29-45-39(50)28-21-31-19-22-33(23-20-31)40-41(47-42(46-40)35-17-14-15-18-37(35)49)34-26-24-32(25-27-34)36-30-38(53-48-36)43(51)52-44(2,3)4/h14-15,17-28,38,49H,5-13,16,29-30H2,1-4H3,(H,45,50)(H,46,47). The van der Waals surface area contributed by atoms with Crippen molar-refractivity contribution in [2.24, 2.45) is 5.16 Å². The lowest BCUT2D eigenvalue weighted by Gasteiger charge is -2.20. The first-order valence-electron chi connectivity index (χ1n) is 19.1. The van der Waals surface area contributed by atoms with Gasteiger partial charge < -0.3 is 25.0 Å². The van der Waals surface area contributed by atoms with Crippen LogP contribution < -0.4 is 5.32 Å². The fourth-order valence-electron chi connectivity index (χ4n) is 6.27. The van der Waals surface area contributed by atoms with Crippen LogP contribution in [0.5, 0.6) is 5.75 Å². The molecule has 0 radical (unpaired) electrons. The smallest absolute Gasteiger partial charge is 0.351 e. The Morgan fingerprint density at radius 2 is 1.49 bits per heavy atom. The Balaban J connectivity index is 1.21. The minimum Gasteiger partial charge on any atom is -0.507 e. The number of carbonyl (C=O) groups excluding carboxylic acids is 2. The highest BCUT2D eigenvalue weighted by Gasteiger charge is 2.33. The second kappa shape index (κ2) is 19.1. The summed E-state index contributed by atoms with van der Waals surface area (Å²) >= 11 is 0. The van der Waals surface area contributed by atoms with Crippen LogP contribution in [0.3, 0.4) is 0 Å². The number of rotatable bonds is 18. The molecule has 0 aliphatic carbocycles. The highest BCUT2D eigenvalue weighted by atomic mass is 16.7. The number of phenolic OH excluding ortho intramolecular Hbond substituents is 1. The zero-order chi connectivity index (χ0) is 37.6. The maximum atomic E-state index is 12.5. The Kier molecular flexibility index (Phi) is 14.0. The lowest BCUT2D eigenvalue weighted by Crippen LogP contribution is -2.32. The predicted molar refractivity (Wildman–Crippen MR) is 212 cm³/mol. The van der Waals surface area contributed by atoms with Gasteiger partial charge in [0, 0.05) is 30.2 Å². The molecule has 1 aliphatic heterocycles. The number of unbranched alkanes of at least 4 members (excludes halogenated alkanes) is 9. The molecule has 2 heterocycles. The van der Waals surface area contributed by atoms with Gasteiger partial charge in [0.25, 0.3) is 0 Å². The van der Waals surface area contributed by atoms with Crippen molar-refractivity contribution in [2.75, 3.05) is 6.54 Å². The molecule has 1 unspecified atom stereocenters. The molecule has 9 nitrogen and oxygen atoms in total. The van der Waals surface area contributed by atoms with E-state index >= 15 is 0 Å². The van der Waals surface area contributed by atoms with Gasteiger partial charge in [-0.2, -0.15) is 0 Å². The van der Waals surface area contributed by atoms with Crippen LogP contribution in [-0.4, -0.2) is 50.9 Å². The Bertz CT molecular complexity index is 1850. The van der Waals surface area contributed by atoms with E-state index in [0.29, 0.717) is 35.8 Å². The number of hydrogen-bond donors (Lipinski definition) is 3. The zero-order valence-electron chi connectivity index (χ0n) is 31.6. The van der Waals surface area contributed by atoms with E-state index in [1.807, 2.05) is 87.5 Å². The number of nitrogens with zero attached hydrogens (tertiary/aromatic N) is 2. The van der Waals surface area contributed by atoms with Crippen molar-refractivity contribution in [1.29, 1.82) is 0 Å². The van der Waals surface area contributed by atoms with Gasteiger partial charge in [0.15, 0.2) is 0 Å². The molecule has 0 saturated heterocycles. The lowest BCUT2D eigenvalue weighted by atomic mass is 10.00. The number of aromatic nitrogens is 2. The lowest BCUT2D eigenvalue weighted by molar-refractivity contribution is -0.166. The van der Waals surface area contributed by atoms with Gasteiger partial charge in [-0.25, -0.2) is 9.78 Å². The van der Waals surface area contributed by atoms with Crippen LogP contribution in [0.15, 0.2) is 84.0 Å². The summed E-state index contributed by atoms with van der Waals surface area (Å²) in [5.74, 6) is 0.136. The van der Waals surface area contributed by atoms with Crippen molar-refractivity contribution in [3.8, 4) is 39.7 Å². The van der Waals surface area contributed by atoms with Crippen LogP contribution in [0.2, 0.25) is 0 Å². The fourth-order valence-corrected chi connectivity index (χ4v) is 6.27. The number of benzene rings is 3. The minimum absolute atomic E-state index is 0.0906. The third-order valence-corrected chi connectivity index (χ3v) is 9.15. The molecule has 9 heteroatoms. The molecular formula is C44H54N4O5. The number of oxime groups is 1. The maximum Gasteiger partial charge on any atom is 0.351 e. The third kappa shape index (κ3) is 11.7. The van der Waals surface area contributed by atoms with E-state index in [4.69, 9.17) is 14.6 Å². The van der Waals surface area contributed by atoms with Gasteiger partial charge in [0.05, 0.1) is 22.7 Å². The maximum absolute atomic E-state index is 12.5. The van der Waals surface area contributed by atoms with Crippen molar-refractivity contribution in [3.05, 3.63) is 90.0 Å². The van der Waals surface area contributed by atoms with Crippen LogP contribution in [0.1, 0.15) is 109 Å². The number of phenols is 1. The van der Waals surface area contributed by atoms with E-state index in [2.05, 4.69) is 22.4 Å². The van der Waals surface area contributed by atoms with Crippen LogP contribution in [-0.2, 0) is 19.2 Å². The van der Waals surface area contributed by atoms with Gasteiger partial charge in [0.1, 0.15) is 17.2 Å². The molecule has 280 valence electrons. The highest BCUT2D eigenvalue weighted by molar-refractivity contribution is 6.04. The molecule has 1 atom stereocenters. The molecule has 1 amide bonds. The Morgan fingerprint density at radius 1 is 0.868 bits per heavy atom. The number of amides is 1. The average molecular weight is 719 g/mol. The summed E-state index contributed by atoms with van der Waals surface area (Å²) < 4.78 is 5.47. The number of esters is 1. The molecule has 0 saturated carbocycles. The summed E-state index contributed by atoms with van der Waals surface area (Å²) in [6.07, 6.45) is 15.6. The Labute approximate surface area is 313 Å². The minimum atomic E-state index is -0.774. The van der Waals surface area contributed by atoms with Gasteiger partial charge in [-0.05, 0) is 56.5 Å². The molecule has 3 aromatic carbocycles. The van der Waals surface area contributed by atoms with Crippen LogP contribution >= 0.6 is 0 Å². The van der Waals surface area contributed by atoms with Gasteiger partial charge >= 0.3 is 5.97 Å². The summed E-state index contributed by atoms with van der Waals surface area (Å²) in [4.78, 5) is 38.8. The number of imidazole rings is 1. The SMILES string of the molecule is CCCCCCCCCCCCNC(=O)C=Cc1ccc(-c2[nH]c(-c3ccccc3O)nc2-c2ccc(C3=NOC(C(=O)OC(C)(C)C)C3)cc2)cc1. The Hall–Kier alpha value is -5.18. The van der Waals surface area contributed by atoms with E-state index < -0.39 is 17.7 Å². The largest absolute Gasteiger partial charge is 0.507 e. The topological polar surface area (TPSA) is 126 Å². The average Bonchev–Trinajstić information content (AvgIpc) is 3.82.